The van der Waals surface area contributed by atoms with Crippen LogP contribution >= 0.6 is 23.2 Å². The molecule has 2 heterocycles. The number of amides is 1. The number of carbonyl (C=O) groups is 1. The quantitative estimate of drug-likeness (QED) is 0.528. The van der Waals surface area contributed by atoms with E-state index in [0.717, 1.165) is 5.56 Å². The number of hydrogen-bond acceptors (Lipinski definition) is 4. The van der Waals surface area contributed by atoms with Crippen molar-refractivity contribution >= 4 is 38.9 Å². The highest BCUT2D eigenvalue weighted by Crippen LogP contribution is 2.28. The highest BCUT2D eigenvalue weighted by Gasteiger charge is 2.35. The van der Waals surface area contributed by atoms with E-state index in [1.807, 2.05) is 18.2 Å². The molecule has 1 amide bonds. The van der Waals surface area contributed by atoms with E-state index in [0.29, 0.717) is 33.6 Å². The van der Waals surface area contributed by atoms with Crippen LogP contribution < -0.4 is 0 Å². The van der Waals surface area contributed by atoms with Crippen LogP contribution in [0.3, 0.4) is 0 Å². The summed E-state index contributed by atoms with van der Waals surface area (Å²) in [6.45, 7) is 0.159. The van der Waals surface area contributed by atoms with Crippen molar-refractivity contribution in [2.24, 2.45) is 0 Å². The second-order valence-corrected chi connectivity index (χ2v) is 10.4. The van der Waals surface area contributed by atoms with E-state index in [1.165, 1.54) is 0 Å². The van der Waals surface area contributed by atoms with E-state index < -0.39 is 15.9 Å². The Balaban J connectivity index is 1.63. The largest absolute Gasteiger partial charge is 0.459 e. The summed E-state index contributed by atoms with van der Waals surface area (Å²) in [5.41, 5.74) is 1.23. The molecule has 5 nitrogen and oxygen atoms in total. The van der Waals surface area contributed by atoms with Crippen LogP contribution in [0.1, 0.15) is 22.5 Å². The lowest BCUT2D eigenvalue weighted by Gasteiger charge is -2.27. The number of furan rings is 1. The molecule has 1 aliphatic heterocycles. The normalized spacial score (nSPS) is 17.7. The van der Waals surface area contributed by atoms with Gasteiger partial charge in [0.25, 0.3) is 5.91 Å². The summed E-state index contributed by atoms with van der Waals surface area (Å²) in [4.78, 5) is 14.8. The molecule has 0 unspecified atom stereocenters. The molecular weight excluding hydrogens is 445 g/mol. The summed E-state index contributed by atoms with van der Waals surface area (Å²) in [6.07, 6.45) is 0.399. The van der Waals surface area contributed by atoms with Crippen LogP contribution in [0.2, 0.25) is 10.0 Å². The summed E-state index contributed by atoms with van der Waals surface area (Å²) in [5.74, 6) is 0.927. The van der Waals surface area contributed by atoms with Crippen LogP contribution in [-0.2, 0) is 16.4 Å². The van der Waals surface area contributed by atoms with Crippen LogP contribution in [-0.4, -0.2) is 36.8 Å². The molecule has 2 aromatic carbocycles. The van der Waals surface area contributed by atoms with Crippen molar-refractivity contribution in [3.05, 3.63) is 82.0 Å². The molecule has 0 saturated carbocycles. The lowest BCUT2D eigenvalue weighted by Crippen LogP contribution is -2.40. The van der Waals surface area contributed by atoms with Gasteiger partial charge in [-0.2, -0.15) is 0 Å². The topological polar surface area (TPSA) is 67.6 Å². The first-order chi connectivity index (χ1) is 14.3. The second-order valence-electron chi connectivity index (χ2n) is 7.28. The average Bonchev–Trinajstić information content (AvgIpc) is 3.32. The van der Waals surface area contributed by atoms with Gasteiger partial charge in [-0.3, -0.25) is 4.79 Å². The first-order valence-corrected chi connectivity index (χ1v) is 12.0. The molecular formula is C22H19Cl2NO4S. The van der Waals surface area contributed by atoms with Crippen molar-refractivity contribution in [1.29, 1.82) is 0 Å². The minimum atomic E-state index is -3.16. The number of halogens is 2. The van der Waals surface area contributed by atoms with E-state index in [-0.39, 0.29) is 24.0 Å². The Bertz CT molecular complexity index is 1190. The van der Waals surface area contributed by atoms with Gasteiger partial charge >= 0.3 is 0 Å². The Hall–Kier alpha value is -2.28. The minimum Gasteiger partial charge on any atom is -0.459 e. The molecule has 30 heavy (non-hydrogen) atoms. The Morgan fingerprint density at radius 2 is 1.77 bits per heavy atom. The highest BCUT2D eigenvalue weighted by molar-refractivity contribution is 7.91. The fourth-order valence-electron chi connectivity index (χ4n) is 3.60. The zero-order chi connectivity index (χ0) is 21.3. The molecule has 0 spiro atoms. The number of sulfone groups is 1. The fourth-order valence-corrected chi connectivity index (χ4v) is 5.71. The first kappa shape index (κ1) is 21.0. The van der Waals surface area contributed by atoms with E-state index in [1.54, 1.807) is 47.4 Å². The maximum absolute atomic E-state index is 13.2. The van der Waals surface area contributed by atoms with E-state index >= 15 is 0 Å². The van der Waals surface area contributed by atoms with Gasteiger partial charge in [0.1, 0.15) is 11.5 Å². The van der Waals surface area contributed by atoms with Gasteiger partial charge in [-0.25, -0.2) is 8.42 Å². The molecule has 0 N–H and O–H groups in total. The van der Waals surface area contributed by atoms with Gasteiger partial charge in [0.15, 0.2) is 9.84 Å². The summed E-state index contributed by atoms with van der Waals surface area (Å²) in [6, 6.07) is 17.1. The first-order valence-electron chi connectivity index (χ1n) is 9.42. The monoisotopic (exact) mass is 463 g/mol. The second kappa shape index (κ2) is 8.46. The fraction of sp³-hybridized carbons (Fsp3) is 0.227. The Kier molecular flexibility index (Phi) is 5.91. The van der Waals surface area contributed by atoms with Gasteiger partial charge in [0.2, 0.25) is 0 Å². The van der Waals surface area contributed by atoms with Crippen LogP contribution in [0.5, 0.6) is 0 Å². The third-order valence-corrected chi connectivity index (χ3v) is 7.30. The van der Waals surface area contributed by atoms with Crippen molar-refractivity contribution in [2.75, 3.05) is 11.5 Å². The van der Waals surface area contributed by atoms with Crippen molar-refractivity contribution in [3.63, 3.8) is 0 Å². The molecule has 8 heteroatoms. The van der Waals surface area contributed by atoms with E-state index in [9.17, 15) is 13.2 Å². The number of carbonyl (C=O) groups excluding carboxylic acids is 1. The molecule has 3 aromatic rings. The SMILES string of the molecule is O=C(c1cccc(Cl)c1)N(Cc1ccc(-c2cccc(Cl)c2)o1)[C@@H]1CCS(=O)(=O)C1. The molecule has 4 rings (SSSR count). The standard InChI is InChI=1S/C22H19Cl2NO4S/c23-17-5-1-3-15(11-17)21-8-7-20(29-21)13-25(19-9-10-30(27,28)14-19)22(26)16-4-2-6-18(24)12-16/h1-8,11-12,19H,9-10,13-14H2/t19-/m1/s1. The van der Waals surface area contributed by atoms with Crippen molar-refractivity contribution in [1.82, 2.24) is 4.90 Å². The maximum atomic E-state index is 13.2. The summed E-state index contributed by atoms with van der Waals surface area (Å²) in [5, 5.41) is 1.04. The molecule has 1 aliphatic rings. The van der Waals surface area contributed by atoms with Gasteiger partial charge in [0, 0.05) is 27.2 Å². The lowest BCUT2D eigenvalue weighted by molar-refractivity contribution is 0.0666. The highest BCUT2D eigenvalue weighted by atomic mass is 35.5. The van der Waals surface area contributed by atoms with Gasteiger partial charge in [-0.05, 0) is 48.9 Å². The number of benzene rings is 2. The Morgan fingerprint density at radius 3 is 2.43 bits per heavy atom. The molecule has 1 fully saturated rings. The van der Waals surface area contributed by atoms with Crippen molar-refractivity contribution in [3.8, 4) is 11.3 Å². The van der Waals surface area contributed by atoms with Gasteiger partial charge in [-0.15, -0.1) is 0 Å². The summed E-state index contributed by atoms with van der Waals surface area (Å²) in [7, 11) is -3.16. The van der Waals surface area contributed by atoms with Gasteiger partial charge in [-0.1, -0.05) is 41.4 Å². The zero-order valence-corrected chi connectivity index (χ0v) is 18.3. The number of nitrogens with zero attached hydrogens (tertiary/aromatic N) is 1. The van der Waals surface area contributed by atoms with Crippen LogP contribution in [0, 0.1) is 0 Å². The summed E-state index contributed by atoms with van der Waals surface area (Å²) < 4.78 is 30.0. The lowest BCUT2D eigenvalue weighted by atomic mass is 10.1. The van der Waals surface area contributed by atoms with Crippen LogP contribution in [0.15, 0.2) is 65.1 Å². The Morgan fingerprint density at radius 1 is 1.03 bits per heavy atom. The van der Waals surface area contributed by atoms with E-state index in [4.69, 9.17) is 27.6 Å². The van der Waals surface area contributed by atoms with E-state index in [2.05, 4.69) is 0 Å². The smallest absolute Gasteiger partial charge is 0.254 e. The molecule has 1 atom stereocenters. The van der Waals surface area contributed by atoms with Crippen LogP contribution in [0.25, 0.3) is 11.3 Å². The predicted octanol–water partition coefficient (Wildman–Crippen LogP) is 5.08. The average molecular weight is 464 g/mol. The third-order valence-electron chi connectivity index (χ3n) is 5.08. The van der Waals surface area contributed by atoms with Crippen molar-refractivity contribution in [2.45, 2.75) is 19.0 Å². The van der Waals surface area contributed by atoms with Gasteiger partial charge in [0.05, 0.1) is 18.1 Å². The Labute approximate surface area is 185 Å². The zero-order valence-electron chi connectivity index (χ0n) is 15.9. The molecule has 0 bridgehead atoms. The minimum absolute atomic E-state index is 0.0544. The van der Waals surface area contributed by atoms with Crippen molar-refractivity contribution < 1.29 is 17.6 Å². The molecule has 1 saturated heterocycles. The molecule has 0 aliphatic carbocycles. The third kappa shape index (κ3) is 4.72. The molecule has 156 valence electrons. The molecule has 0 radical (unpaired) electrons. The molecule has 1 aromatic heterocycles. The number of rotatable bonds is 5. The predicted molar refractivity (Wildman–Crippen MR) is 118 cm³/mol. The van der Waals surface area contributed by atoms with Gasteiger partial charge < -0.3 is 9.32 Å². The number of hydrogen-bond donors (Lipinski definition) is 0. The maximum Gasteiger partial charge on any atom is 0.254 e. The summed E-state index contributed by atoms with van der Waals surface area (Å²) >= 11 is 12.1. The van der Waals surface area contributed by atoms with Crippen LogP contribution in [0.4, 0.5) is 0 Å².